The van der Waals surface area contributed by atoms with Gasteiger partial charge in [-0.25, -0.2) is 4.99 Å². The van der Waals surface area contributed by atoms with E-state index in [9.17, 15) is 0 Å². The first kappa shape index (κ1) is 10.5. The van der Waals surface area contributed by atoms with Gasteiger partial charge < -0.3 is 11.5 Å². The summed E-state index contributed by atoms with van der Waals surface area (Å²) in [4.78, 5) is 3.87. The van der Waals surface area contributed by atoms with Crippen molar-refractivity contribution in [1.29, 1.82) is 5.26 Å². The summed E-state index contributed by atoms with van der Waals surface area (Å²) in [5.41, 5.74) is 12.0. The predicted molar refractivity (Wildman–Crippen MR) is 58.4 cm³/mol. The Morgan fingerprint density at radius 1 is 1.50 bits per heavy atom. The summed E-state index contributed by atoms with van der Waals surface area (Å²) in [5.74, 6) is 0.0567. The molecule has 0 atom stereocenters. The Hall–Kier alpha value is -1.54. The molecule has 5 heteroatoms. The molecule has 0 radical (unpaired) electrons. The van der Waals surface area contributed by atoms with E-state index >= 15 is 0 Å². The Bertz CT molecular complexity index is 402. The van der Waals surface area contributed by atoms with Crippen molar-refractivity contribution in [2.24, 2.45) is 16.5 Å². The Morgan fingerprint density at radius 2 is 2.21 bits per heavy atom. The lowest BCUT2D eigenvalue weighted by atomic mass is 10.1. The van der Waals surface area contributed by atoms with Crippen LogP contribution < -0.4 is 11.5 Å². The molecule has 4 nitrogen and oxygen atoms in total. The van der Waals surface area contributed by atoms with Crippen molar-refractivity contribution in [1.82, 2.24) is 0 Å². The van der Waals surface area contributed by atoms with E-state index in [0.29, 0.717) is 12.1 Å². The summed E-state index contributed by atoms with van der Waals surface area (Å²) >= 11 is 3.34. The fourth-order valence-electron chi connectivity index (χ4n) is 0.922. The Morgan fingerprint density at radius 3 is 2.71 bits per heavy atom. The average molecular weight is 253 g/mol. The van der Waals surface area contributed by atoms with Crippen LogP contribution in [0, 0.1) is 11.3 Å². The summed E-state index contributed by atoms with van der Waals surface area (Å²) in [5, 5.41) is 8.63. The van der Waals surface area contributed by atoms with Gasteiger partial charge in [-0.3, -0.25) is 0 Å². The van der Waals surface area contributed by atoms with E-state index < -0.39 is 0 Å². The van der Waals surface area contributed by atoms with Crippen LogP contribution in [0.2, 0.25) is 0 Å². The molecule has 0 saturated carbocycles. The number of nitrogens with zero attached hydrogens (tertiary/aromatic N) is 2. The van der Waals surface area contributed by atoms with Crippen molar-refractivity contribution in [2.45, 2.75) is 6.54 Å². The first-order valence-corrected chi connectivity index (χ1v) is 4.66. The number of nitriles is 1. The van der Waals surface area contributed by atoms with E-state index in [-0.39, 0.29) is 5.96 Å². The van der Waals surface area contributed by atoms with E-state index in [1.165, 1.54) is 0 Å². The van der Waals surface area contributed by atoms with Crippen molar-refractivity contribution in [3.63, 3.8) is 0 Å². The molecule has 0 heterocycles. The molecule has 0 aliphatic carbocycles. The van der Waals surface area contributed by atoms with Crippen molar-refractivity contribution < 1.29 is 0 Å². The number of hydrogen-bond donors (Lipinski definition) is 2. The van der Waals surface area contributed by atoms with Crippen molar-refractivity contribution >= 4 is 21.9 Å². The molecule has 0 spiro atoms. The van der Waals surface area contributed by atoms with Crippen LogP contribution in [0.5, 0.6) is 0 Å². The molecule has 0 aliphatic heterocycles. The van der Waals surface area contributed by atoms with Crippen LogP contribution in [0.25, 0.3) is 0 Å². The normalized spacial score (nSPS) is 9.14. The third-order valence-electron chi connectivity index (χ3n) is 1.61. The van der Waals surface area contributed by atoms with Gasteiger partial charge in [-0.05, 0) is 17.7 Å². The number of rotatable bonds is 2. The molecule has 0 aromatic heterocycles. The van der Waals surface area contributed by atoms with E-state index in [2.05, 4.69) is 20.9 Å². The SMILES string of the molecule is N#Cc1ccc(CN=C(N)N)c(Br)c1. The van der Waals surface area contributed by atoms with Gasteiger partial charge in [-0.15, -0.1) is 0 Å². The van der Waals surface area contributed by atoms with Crippen LogP contribution in [0.1, 0.15) is 11.1 Å². The summed E-state index contributed by atoms with van der Waals surface area (Å²) in [6.45, 7) is 0.411. The second kappa shape index (κ2) is 4.63. The summed E-state index contributed by atoms with van der Waals surface area (Å²) in [7, 11) is 0. The molecule has 0 saturated heterocycles. The maximum atomic E-state index is 8.63. The molecule has 1 aromatic rings. The molecule has 14 heavy (non-hydrogen) atoms. The van der Waals surface area contributed by atoms with Gasteiger partial charge in [0.1, 0.15) is 0 Å². The quantitative estimate of drug-likeness (QED) is 0.610. The maximum Gasteiger partial charge on any atom is 0.186 e. The molecule has 4 N–H and O–H groups in total. The number of hydrogen-bond acceptors (Lipinski definition) is 2. The minimum atomic E-state index is 0.0567. The van der Waals surface area contributed by atoms with Crippen molar-refractivity contribution in [3.05, 3.63) is 33.8 Å². The third-order valence-corrected chi connectivity index (χ3v) is 2.35. The van der Waals surface area contributed by atoms with Gasteiger partial charge in [-0.1, -0.05) is 22.0 Å². The fraction of sp³-hybridized carbons (Fsp3) is 0.111. The molecule has 0 aliphatic rings. The second-order valence-electron chi connectivity index (χ2n) is 2.66. The van der Waals surface area contributed by atoms with Gasteiger partial charge >= 0.3 is 0 Å². The predicted octanol–water partition coefficient (Wildman–Crippen LogP) is 1.09. The number of nitrogens with two attached hydrogens (primary N) is 2. The Kier molecular flexibility index (Phi) is 3.48. The lowest BCUT2D eigenvalue weighted by Gasteiger charge is -2.01. The molecule has 1 aromatic carbocycles. The summed E-state index contributed by atoms with van der Waals surface area (Å²) in [6, 6.07) is 7.32. The molecule has 0 unspecified atom stereocenters. The maximum absolute atomic E-state index is 8.63. The second-order valence-corrected chi connectivity index (χ2v) is 3.51. The largest absolute Gasteiger partial charge is 0.370 e. The van der Waals surface area contributed by atoms with Crippen LogP contribution >= 0.6 is 15.9 Å². The lowest BCUT2D eigenvalue weighted by molar-refractivity contribution is 1.04. The van der Waals surface area contributed by atoms with Crippen LogP contribution in [0.3, 0.4) is 0 Å². The number of halogens is 1. The molecule has 0 amide bonds. The highest BCUT2D eigenvalue weighted by Crippen LogP contribution is 2.18. The monoisotopic (exact) mass is 252 g/mol. The Balaban J connectivity index is 2.91. The number of benzene rings is 1. The number of aliphatic imine (C=N–C) groups is 1. The zero-order chi connectivity index (χ0) is 10.6. The van der Waals surface area contributed by atoms with Gasteiger partial charge in [0.15, 0.2) is 5.96 Å². The minimum Gasteiger partial charge on any atom is -0.370 e. The smallest absolute Gasteiger partial charge is 0.186 e. The van der Waals surface area contributed by atoms with Crippen molar-refractivity contribution in [3.8, 4) is 6.07 Å². The van der Waals surface area contributed by atoms with Crippen LogP contribution in [-0.2, 0) is 6.54 Å². The first-order valence-electron chi connectivity index (χ1n) is 3.87. The Labute approximate surface area is 90.4 Å². The fourth-order valence-corrected chi connectivity index (χ4v) is 1.43. The first-order chi connectivity index (χ1) is 6.63. The van der Waals surface area contributed by atoms with Crippen molar-refractivity contribution in [2.75, 3.05) is 0 Å². The zero-order valence-electron chi connectivity index (χ0n) is 7.37. The molecule has 72 valence electrons. The lowest BCUT2D eigenvalue weighted by Crippen LogP contribution is -2.22. The average Bonchev–Trinajstić information content (AvgIpc) is 2.15. The molecule has 0 bridgehead atoms. The van der Waals surface area contributed by atoms with E-state index in [1.54, 1.807) is 12.1 Å². The molecular weight excluding hydrogens is 244 g/mol. The van der Waals surface area contributed by atoms with Gasteiger partial charge in [-0.2, -0.15) is 5.26 Å². The van der Waals surface area contributed by atoms with Gasteiger partial charge in [0.2, 0.25) is 0 Å². The van der Waals surface area contributed by atoms with Gasteiger partial charge in [0.05, 0.1) is 18.2 Å². The third kappa shape index (κ3) is 2.75. The molecular formula is C9H9BrN4. The van der Waals surface area contributed by atoms with Gasteiger partial charge in [0.25, 0.3) is 0 Å². The van der Waals surface area contributed by atoms with Crippen LogP contribution in [0.4, 0.5) is 0 Å². The topological polar surface area (TPSA) is 88.2 Å². The highest BCUT2D eigenvalue weighted by molar-refractivity contribution is 9.10. The standard InChI is InChI=1S/C9H9BrN4/c10-8-3-6(4-11)1-2-7(8)5-14-9(12)13/h1-3H,5H2,(H4,12,13,14). The van der Waals surface area contributed by atoms with Crippen LogP contribution in [-0.4, -0.2) is 5.96 Å². The highest BCUT2D eigenvalue weighted by atomic mass is 79.9. The minimum absolute atomic E-state index is 0.0567. The number of guanidine groups is 1. The van der Waals surface area contributed by atoms with E-state index in [1.807, 2.05) is 12.1 Å². The molecule has 0 fully saturated rings. The van der Waals surface area contributed by atoms with Gasteiger partial charge in [0, 0.05) is 4.47 Å². The van der Waals surface area contributed by atoms with Crippen LogP contribution in [0.15, 0.2) is 27.7 Å². The summed E-state index contributed by atoms with van der Waals surface area (Å²) in [6.07, 6.45) is 0. The highest BCUT2D eigenvalue weighted by Gasteiger charge is 2.00. The van der Waals surface area contributed by atoms with E-state index in [0.717, 1.165) is 10.0 Å². The summed E-state index contributed by atoms with van der Waals surface area (Å²) < 4.78 is 0.835. The zero-order valence-corrected chi connectivity index (χ0v) is 8.95. The molecule has 1 rings (SSSR count). The van der Waals surface area contributed by atoms with E-state index in [4.69, 9.17) is 16.7 Å².